The average Bonchev–Trinajstić information content (AvgIpc) is 2.84. The highest BCUT2D eigenvalue weighted by atomic mass is 35.5. The number of halogens is 3. The fourth-order valence-electron chi connectivity index (χ4n) is 4.23. The maximum Gasteiger partial charge on any atom is 0.250 e. The highest BCUT2D eigenvalue weighted by molar-refractivity contribution is 6.31. The second-order valence-electron chi connectivity index (χ2n) is 8.45. The van der Waals surface area contributed by atoms with Crippen molar-refractivity contribution in [3.63, 3.8) is 0 Å². The molecule has 2 aliphatic rings. The molecule has 10 heteroatoms. The Kier molecular flexibility index (Phi) is 8.52. The van der Waals surface area contributed by atoms with Gasteiger partial charge in [-0.2, -0.15) is 4.98 Å². The molecule has 2 N–H and O–H groups in total. The van der Waals surface area contributed by atoms with Crippen LogP contribution in [-0.4, -0.2) is 61.9 Å². The van der Waals surface area contributed by atoms with Gasteiger partial charge in [0.05, 0.1) is 32.6 Å². The number of ether oxygens (including phenoxy) is 2. The lowest BCUT2D eigenvalue weighted by atomic mass is 9.86. The predicted molar refractivity (Wildman–Crippen MR) is 125 cm³/mol. The number of aromatic nitrogens is 2. The number of alkyl halides is 2. The summed E-state index contributed by atoms with van der Waals surface area (Å²) < 4.78 is 36.1. The van der Waals surface area contributed by atoms with E-state index in [0.717, 1.165) is 63.4 Å². The standard InChI is InChI=1S/C23H30ClF2N5O2/c24-20-13-28-23(29-18-2-1-3-19(12-18)31-8-10-32-11-9-31)30-22(20)33-15-16-4-6-17(7-5-16)27-14-21(25)26/h1-3,12-13,16-17,21,27H,4-11,14-15H2,(H,28,29,30). The third-order valence-corrected chi connectivity index (χ3v) is 6.31. The second kappa shape index (κ2) is 11.8. The van der Waals surface area contributed by atoms with Gasteiger partial charge in [-0.15, -0.1) is 0 Å². The smallest absolute Gasteiger partial charge is 0.250 e. The molecule has 180 valence electrons. The van der Waals surface area contributed by atoms with E-state index < -0.39 is 6.43 Å². The molecule has 0 atom stereocenters. The molecule has 2 aromatic rings. The van der Waals surface area contributed by atoms with Crippen molar-refractivity contribution in [3.05, 3.63) is 35.5 Å². The first-order valence-corrected chi connectivity index (χ1v) is 11.8. The molecular weight excluding hydrogens is 452 g/mol. The Labute approximate surface area is 197 Å². The fourth-order valence-corrected chi connectivity index (χ4v) is 4.38. The van der Waals surface area contributed by atoms with Crippen molar-refractivity contribution < 1.29 is 18.3 Å². The van der Waals surface area contributed by atoms with Crippen LogP contribution in [0.4, 0.5) is 26.1 Å². The van der Waals surface area contributed by atoms with Gasteiger partial charge >= 0.3 is 0 Å². The summed E-state index contributed by atoms with van der Waals surface area (Å²) in [5, 5.41) is 6.52. The summed E-state index contributed by atoms with van der Waals surface area (Å²) in [4.78, 5) is 11.0. The molecule has 33 heavy (non-hydrogen) atoms. The van der Waals surface area contributed by atoms with Crippen LogP contribution in [-0.2, 0) is 4.74 Å². The number of hydrogen-bond acceptors (Lipinski definition) is 7. The van der Waals surface area contributed by atoms with E-state index in [1.54, 1.807) is 0 Å². The summed E-state index contributed by atoms with van der Waals surface area (Å²) >= 11 is 6.26. The van der Waals surface area contributed by atoms with E-state index in [0.29, 0.717) is 29.4 Å². The van der Waals surface area contributed by atoms with Gasteiger partial charge in [0, 0.05) is 30.5 Å². The van der Waals surface area contributed by atoms with Gasteiger partial charge < -0.3 is 25.0 Å². The molecule has 1 aliphatic carbocycles. The minimum Gasteiger partial charge on any atom is -0.476 e. The van der Waals surface area contributed by atoms with Gasteiger partial charge in [-0.25, -0.2) is 13.8 Å². The van der Waals surface area contributed by atoms with Crippen LogP contribution in [0.2, 0.25) is 5.02 Å². The van der Waals surface area contributed by atoms with Gasteiger partial charge in [0.1, 0.15) is 5.02 Å². The van der Waals surface area contributed by atoms with E-state index in [-0.39, 0.29) is 12.6 Å². The molecule has 0 unspecified atom stereocenters. The molecule has 1 aromatic carbocycles. The van der Waals surface area contributed by atoms with Crippen molar-refractivity contribution in [3.8, 4) is 5.88 Å². The highest BCUT2D eigenvalue weighted by Crippen LogP contribution is 2.29. The Morgan fingerprint density at radius 2 is 1.97 bits per heavy atom. The normalized spacial score (nSPS) is 21.3. The van der Waals surface area contributed by atoms with Crippen molar-refractivity contribution in [2.75, 3.05) is 49.7 Å². The number of anilines is 3. The van der Waals surface area contributed by atoms with E-state index in [9.17, 15) is 8.78 Å². The number of hydrogen-bond donors (Lipinski definition) is 2. The molecule has 1 saturated carbocycles. The molecule has 2 heterocycles. The van der Waals surface area contributed by atoms with Gasteiger partial charge in [-0.3, -0.25) is 0 Å². The van der Waals surface area contributed by atoms with Crippen molar-refractivity contribution >= 4 is 28.9 Å². The summed E-state index contributed by atoms with van der Waals surface area (Å²) in [5.74, 6) is 1.10. The van der Waals surface area contributed by atoms with Crippen LogP contribution in [0.5, 0.6) is 5.88 Å². The Hall–Kier alpha value is -2.23. The number of nitrogens with one attached hydrogen (secondary N) is 2. The largest absolute Gasteiger partial charge is 0.476 e. The summed E-state index contributed by atoms with van der Waals surface area (Å²) in [7, 11) is 0. The zero-order valence-electron chi connectivity index (χ0n) is 18.5. The van der Waals surface area contributed by atoms with Crippen molar-refractivity contribution in [2.45, 2.75) is 38.2 Å². The molecule has 0 amide bonds. The maximum absolute atomic E-state index is 12.4. The van der Waals surface area contributed by atoms with Crippen LogP contribution >= 0.6 is 11.6 Å². The maximum atomic E-state index is 12.4. The number of morpholine rings is 1. The number of nitrogens with zero attached hydrogens (tertiary/aromatic N) is 3. The summed E-state index contributed by atoms with van der Waals surface area (Å²) in [5.41, 5.74) is 1.99. The fraction of sp³-hybridized carbons (Fsp3) is 0.565. The number of rotatable bonds is 9. The second-order valence-corrected chi connectivity index (χ2v) is 8.86. The molecule has 2 fully saturated rings. The summed E-state index contributed by atoms with van der Waals surface area (Å²) in [6.45, 7) is 3.43. The molecule has 0 spiro atoms. The lowest BCUT2D eigenvalue weighted by molar-refractivity contribution is 0.122. The zero-order chi connectivity index (χ0) is 23.0. The van der Waals surface area contributed by atoms with Crippen LogP contribution in [0.1, 0.15) is 25.7 Å². The molecular formula is C23H30ClF2N5O2. The van der Waals surface area contributed by atoms with E-state index in [4.69, 9.17) is 21.1 Å². The van der Waals surface area contributed by atoms with Gasteiger partial charge in [0.25, 0.3) is 6.43 Å². The average molecular weight is 482 g/mol. The minimum atomic E-state index is -2.31. The van der Waals surface area contributed by atoms with Crippen molar-refractivity contribution in [1.82, 2.24) is 15.3 Å². The third kappa shape index (κ3) is 7.12. The van der Waals surface area contributed by atoms with Gasteiger partial charge in [-0.1, -0.05) is 17.7 Å². The van der Waals surface area contributed by atoms with Crippen LogP contribution < -0.4 is 20.3 Å². The topological polar surface area (TPSA) is 71.5 Å². The zero-order valence-corrected chi connectivity index (χ0v) is 19.2. The third-order valence-electron chi connectivity index (χ3n) is 6.05. The molecule has 1 aliphatic heterocycles. The molecule has 4 rings (SSSR count). The molecule has 0 bridgehead atoms. The van der Waals surface area contributed by atoms with Crippen LogP contribution in [0, 0.1) is 5.92 Å². The van der Waals surface area contributed by atoms with Crippen molar-refractivity contribution in [2.24, 2.45) is 5.92 Å². The van der Waals surface area contributed by atoms with Gasteiger partial charge in [0.2, 0.25) is 11.8 Å². The lowest BCUT2D eigenvalue weighted by Gasteiger charge is -2.29. The van der Waals surface area contributed by atoms with E-state index in [1.165, 1.54) is 6.20 Å². The molecule has 7 nitrogen and oxygen atoms in total. The van der Waals surface area contributed by atoms with Crippen molar-refractivity contribution in [1.29, 1.82) is 0 Å². The van der Waals surface area contributed by atoms with E-state index in [1.807, 2.05) is 12.1 Å². The SMILES string of the molecule is FC(F)CNC1CCC(COc2nc(Nc3cccc(N4CCOCC4)c3)ncc2Cl)CC1. The molecule has 1 saturated heterocycles. The first kappa shape index (κ1) is 23.9. The molecule has 1 aromatic heterocycles. The van der Waals surface area contributed by atoms with Gasteiger partial charge in [-0.05, 0) is 49.8 Å². The Morgan fingerprint density at radius 1 is 1.18 bits per heavy atom. The number of benzene rings is 1. The van der Waals surface area contributed by atoms with Crippen LogP contribution in [0.15, 0.2) is 30.5 Å². The Balaban J connectivity index is 1.30. The predicted octanol–water partition coefficient (Wildman–Crippen LogP) is 4.50. The van der Waals surface area contributed by atoms with E-state index >= 15 is 0 Å². The first-order chi connectivity index (χ1) is 16.1. The Morgan fingerprint density at radius 3 is 2.73 bits per heavy atom. The summed E-state index contributed by atoms with van der Waals surface area (Å²) in [6.07, 6.45) is 2.79. The summed E-state index contributed by atoms with van der Waals surface area (Å²) in [6, 6.07) is 8.24. The minimum absolute atomic E-state index is 0.155. The quantitative estimate of drug-likeness (QED) is 0.546. The monoisotopic (exact) mass is 481 g/mol. The van der Waals surface area contributed by atoms with Crippen LogP contribution in [0.3, 0.4) is 0 Å². The van der Waals surface area contributed by atoms with Gasteiger partial charge in [0.15, 0.2) is 0 Å². The first-order valence-electron chi connectivity index (χ1n) is 11.4. The van der Waals surface area contributed by atoms with Crippen LogP contribution in [0.25, 0.3) is 0 Å². The highest BCUT2D eigenvalue weighted by Gasteiger charge is 2.23. The Bertz CT molecular complexity index is 893. The molecule has 0 radical (unpaired) electrons. The lowest BCUT2D eigenvalue weighted by Crippen LogP contribution is -2.37. The van der Waals surface area contributed by atoms with E-state index in [2.05, 4.69) is 37.6 Å².